The van der Waals surface area contributed by atoms with Crippen LogP contribution < -0.4 is 5.73 Å². The third kappa shape index (κ3) is 3.29. The summed E-state index contributed by atoms with van der Waals surface area (Å²) in [5.74, 6) is -0.571. The van der Waals surface area contributed by atoms with Gasteiger partial charge in [-0.05, 0) is 24.6 Å². The molecule has 0 aliphatic rings. The zero-order valence-corrected chi connectivity index (χ0v) is 13.3. The minimum Gasteiger partial charge on any atom is -0.326 e. The van der Waals surface area contributed by atoms with Gasteiger partial charge in [0.05, 0.1) is 22.6 Å². The Hall–Kier alpha value is -1.35. The van der Waals surface area contributed by atoms with Crippen LogP contribution in [0.5, 0.6) is 0 Å². The van der Waals surface area contributed by atoms with Gasteiger partial charge in [0.1, 0.15) is 5.82 Å². The van der Waals surface area contributed by atoms with Crippen molar-refractivity contribution in [3.05, 3.63) is 45.7 Å². The largest absolute Gasteiger partial charge is 0.326 e. The van der Waals surface area contributed by atoms with Crippen molar-refractivity contribution in [2.24, 2.45) is 5.73 Å². The highest BCUT2D eigenvalue weighted by atomic mass is 32.2. The molecular weight excluding hydrogens is 313 g/mol. The normalized spacial score (nSPS) is 12.0. The number of hydrogen-bond acceptors (Lipinski definition) is 5. The molecule has 0 unspecified atom stereocenters. The Morgan fingerprint density at radius 2 is 2.14 bits per heavy atom. The first-order valence-corrected chi connectivity index (χ1v) is 8.57. The highest BCUT2D eigenvalue weighted by Crippen LogP contribution is 2.24. The Labute approximate surface area is 127 Å². The van der Waals surface area contributed by atoms with E-state index in [9.17, 15) is 12.8 Å². The molecule has 0 aliphatic carbocycles. The lowest BCUT2D eigenvalue weighted by molar-refractivity contribution is 0.461. The van der Waals surface area contributed by atoms with Gasteiger partial charge in [0, 0.05) is 24.5 Å². The van der Waals surface area contributed by atoms with Gasteiger partial charge >= 0.3 is 0 Å². The molecule has 0 radical (unpaired) electrons. The standard InChI is InChI=1S/C13H16FN3O2S2/c1-9-12(14)3-10(5-15)4-13(9)21(18,19)17(2)6-11-7-20-8-16-11/h3-4,7-8H,5-6,15H2,1-2H3. The molecule has 2 rings (SSSR count). The van der Waals surface area contributed by atoms with Gasteiger partial charge < -0.3 is 5.73 Å². The molecule has 1 aromatic heterocycles. The minimum atomic E-state index is -3.80. The van der Waals surface area contributed by atoms with Gasteiger partial charge in [0.2, 0.25) is 10.0 Å². The Kier molecular flexibility index (Phi) is 4.72. The molecule has 0 atom stereocenters. The summed E-state index contributed by atoms with van der Waals surface area (Å²) in [4.78, 5) is 4.00. The number of thiazole rings is 1. The van der Waals surface area contributed by atoms with Crippen molar-refractivity contribution >= 4 is 21.4 Å². The number of sulfonamides is 1. The summed E-state index contributed by atoms with van der Waals surface area (Å²) in [7, 11) is -2.35. The van der Waals surface area contributed by atoms with Crippen LogP contribution in [0.1, 0.15) is 16.8 Å². The molecule has 5 nitrogen and oxygen atoms in total. The van der Waals surface area contributed by atoms with E-state index in [0.717, 1.165) is 4.31 Å². The molecule has 0 bridgehead atoms. The zero-order chi connectivity index (χ0) is 15.6. The van der Waals surface area contributed by atoms with Crippen LogP contribution in [0, 0.1) is 12.7 Å². The van der Waals surface area contributed by atoms with Crippen molar-refractivity contribution in [1.29, 1.82) is 0 Å². The molecule has 1 heterocycles. The summed E-state index contributed by atoms with van der Waals surface area (Å²) < 4.78 is 40.2. The zero-order valence-electron chi connectivity index (χ0n) is 11.7. The summed E-state index contributed by atoms with van der Waals surface area (Å²) in [6.45, 7) is 1.66. The minimum absolute atomic E-state index is 0.0549. The summed E-state index contributed by atoms with van der Waals surface area (Å²) in [6, 6.07) is 2.68. The average Bonchev–Trinajstić information content (AvgIpc) is 2.94. The molecule has 114 valence electrons. The maximum atomic E-state index is 13.8. The number of hydrogen-bond donors (Lipinski definition) is 1. The first kappa shape index (κ1) is 16.0. The Balaban J connectivity index is 2.41. The molecular formula is C13H16FN3O2S2. The van der Waals surface area contributed by atoms with Crippen molar-refractivity contribution in [3.8, 4) is 0 Å². The van der Waals surface area contributed by atoms with E-state index in [2.05, 4.69) is 4.98 Å². The van der Waals surface area contributed by atoms with Crippen LogP contribution in [0.3, 0.4) is 0 Å². The Morgan fingerprint density at radius 3 is 2.71 bits per heavy atom. The predicted octanol–water partition coefficient (Wildman–Crippen LogP) is 1.87. The maximum Gasteiger partial charge on any atom is 0.243 e. The summed E-state index contributed by atoms with van der Waals surface area (Å²) in [6.07, 6.45) is 0. The number of aromatic nitrogens is 1. The maximum absolute atomic E-state index is 13.8. The van der Waals surface area contributed by atoms with E-state index < -0.39 is 15.8 Å². The highest BCUT2D eigenvalue weighted by Gasteiger charge is 2.25. The highest BCUT2D eigenvalue weighted by molar-refractivity contribution is 7.89. The molecule has 0 saturated heterocycles. The van der Waals surface area contributed by atoms with E-state index >= 15 is 0 Å². The van der Waals surface area contributed by atoms with Crippen molar-refractivity contribution in [2.75, 3.05) is 7.05 Å². The quantitative estimate of drug-likeness (QED) is 0.908. The number of nitrogens with zero attached hydrogens (tertiary/aromatic N) is 2. The van der Waals surface area contributed by atoms with Crippen LogP contribution in [0.2, 0.25) is 0 Å². The topological polar surface area (TPSA) is 76.3 Å². The second-order valence-corrected chi connectivity index (χ2v) is 7.38. The van der Waals surface area contributed by atoms with E-state index in [1.165, 1.54) is 37.4 Å². The van der Waals surface area contributed by atoms with Gasteiger partial charge in [0.25, 0.3) is 0 Å². The smallest absolute Gasteiger partial charge is 0.243 e. The van der Waals surface area contributed by atoms with Crippen LogP contribution in [0.25, 0.3) is 0 Å². The van der Waals surface area contributed by atoms with Crippen LogP contribution in [0.15, 0.2) is 27.9 Å². The molecule has 0 fully saturated rings. The van der Waals surface area contributed by atoms with E-state index in [1.54, 1.807) is 10.9 Å². The fourth-order valence-corrected chi connectivity index (χ4v) is 3.86. The predicted molar refractivity (Wildman–Crippen MR) is 79.8 cm³/mol. The lowest BCUT2D eigenvalue weighted by Gasteiger charge is -2.18. The first-order valence-electron chi connectivity index (χ1n) is 6.18. The van der Waals surface area contributed by atoms with Crippen molar-refractivity contribution < 1.29 is 12.8 Å². The fourth-order valence-electron chi connectivity index (χ4n) is 1.89. The molecule has 0 amide bonds. The summed E-state index contributed by atoms with van der Waals surface area (Å²) >= 11 is 1.39. The molecule has 2 aromatic rings. The van der Waals surface area contributed by atoms with Crippen LogP contribution in [-0.4, -0.2) is 24.8 Å². The molecule has 8 heteroatoms. The molecule has 0 spiro atoms. The van der Waals surface area contributed by atoms with Gasteiger partial charge in [-0.15, -0.1) is 11.3 Å². The van der Waals surface area contributed by atoms with Crippen molar-refractivity contribution in [1.82, 2.24) is 9.29 Å². The molecule has 21 heavy (non-hydrogen) atoms. The Morgan fingerprint density at radius 1 is 1.43 bits per heavy atom. The molecule has 1 aromatic carbocycles. The monoisotopic (exact) mass is 329 g/mol. The van der Waals surface area contributed by atoms with Gasteiger partial charge in [-0.1, -0.05) is 0 Å². The first-order chi connectivity index (χ1) is 9.86. The average molecular weight is 329 g/mol. The van der Waals surface area contributed by atoms with Gasteiger partial charge in [-0.25, -0.2) is 17.8 Å². The summed E-state index contributed by atoms with van der Waals surface area (Å²) in [5.41, 5.74) is 8.31. The van der Waals surface area contributed by atoms with E-state index in [1.807, 2.05) is 0 Å². The van der Waals surface area contributed by atoms with Crippen molar-refractivity contribution in [2.45, 2.75) is 24.9 Å². The third-order valence-corrected chi connectivity index (χ3v) is 5.71. The molecule has 2 N–H and O–H groups in total. The number of rotatable bonds is 5. The Bertz CT molecular complexity index is 730. The molecule has 0 aliphatic heterocycles. The van der Waals surface area contributed by atoms with Gasteiger partial charge in [-0.3, -0.25) is 0 Å². The lowest BCUT2D eigenvalue weighted by atomic mass is 10.1. The number of halogens is 1. The second kappa shape index (κ2) is 6.18. The SMILES string of the molecule is Cc1c(F)cc(CN)cc1S(=O)(=O)N(C)Cc1cscn1. The fraction of sp³-hybridized carbons (Fsp3) is 0.308. The van der Waals surface area contributed by atoms with Crippen LogP contribution in [0.4, 0.5) is 4.39 Å². The number of nitrogens with two attached hydrogens (primary N) is 1. The van der Waals surface area contributed by atoms with E-state index in [-0.39, 0.29) is 23.5 Å². The van der Waals surface area contributed by atoms with Crippen LogP contribution in [-0.2, 0) is 23.1 Å². The summed E-state index contributed by atoms with van der Waals surface area (Å²) in [5, 5.41) is 1.77. The van der Waals surface area contributed by atoms with Gasteiger partial charge in [0.15, 0.2) is 0 Å². The van der Waals surface area contributed by atoms with Gasteiger partial charge in [-0.2, -0.15) is 4.31 Å². The van der Waals surface area contributed by atoms with Crippen molar-refractivity contribution in [3.63, 3.8) is 0 Å². The van der Waals surface area contributed by atoms with Crippen LogP contribution >= 0.6 is 11.3 Å². The number of benzene rings is 1. The molecule has 0 saturated carbocycles. The van der Waals surface area contributed by atoms with E-state index in [0.29, 0.717) is 11.3 Å². The second-order valence-electron chi connectivity index (χ2n) is 4.65. The lowest BCUT2D eigenvalue weighted by Crippen LogP contribution is -2.27. The van der Waals surface area contributed by atoms with E-state index in [4.69, 9.17) is 5.73 Å². The third-order valence-electron chi connectivity index (χ3n) is 3.15.